The average molecular weight is 241 g/mol. The first-order chi connectivity index (χ1) is 7.78. The third-order valence-electron chi connectivity index (χ3n) is 2.58. The summed E-state index contributed by atoms with van der Waals surface area (Å²) in [6, 6.07) is 0. The highest BCUT2D eigenvalue weighted by atomic mass is 16.6. The number of hydrogen-bond donors (Lipinski definition) is 1. The van der Waals surface area contributed by atoms with Crippen molar-refractivity contribution >= 4 is 11.9 Å². The molecule has 1 N–H and O–H groups in total. The molecule has 1 atom stereocenters. The number of amides is 1. The second kappa shape index (κ2) is 5.52. The van der Waals surface area contributed by atoms with E-state index < -0.39 is 11.7 Å². The quantitative estimate of drug-likeness (QED) is 0.804. The van der Waals surface area contributed by atoms with E-state index in [0.29, 0.717) is 24.7 Å². The molecule has 0 heterocycles. The molecule has 0 aromatic heterocycles. The number of ether oxygens (including phenoxy) is 1. The van der Waals surface area contributed by atoms with E-state index in [1.165, 1.54) is 0 Å². The number of nitrogens with one attached hydrogen (secondary N) is 1. The lowest BCUT2D eigenvalue weighted by Gasteiger charge is -2.20. The standard InChI is InChI=1S/C13H23NO3/c1-9(7-11(15)10-5-6-10)8-14-12(16)17-13(2,3)4/h9-10H,5-8H2,1-4H3,(H,14,16). The van der Waals surface area contributed by atoms with Gasteiger partial charge in [-0.15, -0.1) is 0 Å². The van der Waals surface area contributed by atoms with Gasteiger partial charge in [0.2, 0.25) is 0 Å². The van der Waals surface area contributed by atoms with E-state index in [0.717, 1.165) is 12.8 Å². The summed E-state index contributed by atoms with van der Waals surface area (Å²) in [6.45, 7) is 7.94. The van der Waals surface area contributed by atoms with Gasteiger partial charge in [0, 0.05) is 18.9 Å². The Morgan fingerprint density at radius 2 is 1.94 bits per heavy atom. The normalized spacial score (nSPS) is 17.4. The third-order valence-corrected chi connectivity index (χ3v) is 2.58. The zero-order valence-corrected chi connectivity index (χ0v) is 11.2. The second-order valence-corrected chi connectivity index (χ2v) is 5.93. The van der Waals surface area contributed by atoms with E-state index in [1.807, 2.05) is 27.7 Å². The lowest BCUT2D eigenvalue weighted by molar-refractivity contribution is -0.121. The number of carbonyl (C=O) groups is 2. The van der Waals surface area contributed by atoms with Crippen molar-refractivity contribution in [3.63, 3.8) is 0 Å². The molecule has 0 aliphatic heterocycles. The van der Waals surface area contributed by atoms with E-state index in [9.17, 15) is 9.59 Å². The predicted octanol–water partition coefficient (Wildman–Crippen LogP) is 2.52. The maximum absolute atomic E-state index is 11.5. The minimum Gasteiger partial charge on any atom is -0.444 e. The van der Waals surface area contributed by atoms with Crippen molar-refractivity contribution in [2.24, 2.45) is 11.8 Å². The first-order valence-corrected chi connectivity index (χ1v) is 6.27. The summed E-state index contributed by atoms with van der Waals surface area (Å²) in [5.41, 5.74) is -0.475. The summed E-state index contributed by atoms with van der Waals surface area (Å²) in [5, 5.41) is 2.69. The molecule has 1 rings (SSSR count). The highest BCUT2D eigenvalue weighted by Crippen LogP contribution is 2.31. The van der Waals surface area contributed by atoms with Gasteiger partial charge in [0.1, 0.15) is 11.4 Å². The molecule has 17 heavy (non-hydrogen) atoms. The van der Waals surface area contributed by atoms with Gasteiger partial charge >= 0.3 is 6.09 Å². The van der Waals surface area contributed by atoms with Crippen molar-refractivity contribution in [3.8, 4) is 0 Å². The van der Waals surface area contributed by atoms with Crippen LogP contribution in [-0.2, 0) is 9.53 Å². The molecule has 1 unspecified atom stereocenters. The monoisotopic (exact) mass is 241 g/mol. The van der Waals surface area contributed by atoms with Crippen LogP contribution in [0.25, 0.3) is 0 Å². The molecule has 1 aliphatic rings. The molecule has 0 radical (unpaired) electrons. The topological polar surface area (TPSA) is 55.4 Å². The molecule has 0 saturated heterocycles. The fraction of sp³-hybridized carbons (Fsp3) is 0.846. The number of hydrogen-bond acceptors (Lipinski definition) is 3. The zero-order valence-electron chi connectivity index (χ0n) is 11.2. The second-order valence-electron chi connectivity index (χ2n) is 5.93. The Bertz CT molecular complexity index is 290. The van der Waals surface area contributed by atoms with Gasteiger partial charge < -0.3 is 10.1 Å². The molecular formula is C13H23NO3. The molecule has 1 aliphatic carbocycles. The van der Waals surface area contributed by atoms with Gasteiger partial charge in [0.25, 0.3) is 0 Å². The lowest BCUT2D eigenvalue weighted by Crippen LogP contribution is -2.35. The molecule has 0 spiro atoms. The highest BCUT2D eigenvalue weighted by molar-refractivity contribution is 5.83. The molecule has 1 fully saturated rings. The Kier molecular flexibility index (Phi) is 4.54. The molecule has 4 nitrogen and oxygen atoms in total. The van der Waals surface area contributed by atoms with Crippen LogP contribution in [0.5, 0.6) is 0 Å². The molecule has 1 saturated carbocycles. The number of rotatable bonds is 5. The van der Waals surface area contributed by atoms with Gasteiger partial charge in [-0.2, -0.15) is 0 Å². The molecule has 1 amide bonds. The lowest BCUT2D eigenvalue weighted by atomic mass is 10.0. The van der Waals surface area contributed by atoms with E-state index in [4.69, 9.17) is 4.74 Å². The van der Waals surface area contributed by atoms with Gasteiger partial charge in [0.15, 0.2) is 0 Å². The smallest absolute Gasteiger partial charge is 0.407 e. The zero-order chi connectivity index (χ0) is 13.1. The average Bonchev–Trinajstić information content (AvgIpc) is 2.94. The number of alkyl carbamates (subject to hydrolysis) is 1. The van der Waals surface area contributed by atoms with Crippen LogP contribution >= 0.6 is 0 Å². The first-order valence-electron chi connectivity index (χ1n) is 6.27. The van der Waals surface area contributed by atoms with Crippen molar-refractivity contribution < 1.29 is 14.3 Å². The van der Waals surface area contributed by atoms with E-state index in [2.05, 4.69) is 5.32 Å². The Labute approximate surface area is 103 Å². The molecular weight excluding hydrogens is 218 g/mol. The molecule has 0 bridgehead atoms. The van der Waals surface area contributed by atoms with Crippen molar-refractivity contribution in [2.75, 3.05) is 6.54 Å². The third kappa shape index (κ3) is 6.29. The van der Waals surface area contributed by atoms with Gasteiger partial charge in [-0.25, -0.2) is 4.79 Å². The Balaban J connectivity index is 2.16. The summed E-state index contributed by atoms with van der Waals surface area (Å²) in [5.74, 6) is 0.818. The maximum Gasteiger partial charge on any atom is 0.407 e. The molecule has 0 aromatic carbocycles. The van der Waals surface area contributed by atoms with Crippen LogP contribution in [0.2, 0.25) is 0 Å². The van der Waals surface area contributed by atoms with Crippen LogP contribution < -0.4 is 5.32 Å². The predicted molar refractivity (Wildman–Crippen MR) is 65.7 cm³/mol. The van der Waals surface area contributed by atoms with Crippen LogP contribution in [-0.4, -0.2) is 24.0 Å². The summed E-state index contributed by atoms with van der Waals surface area (Å²) in [4.78, 5) is 22.9. The van der Waals surface area contributed by atoms with Crippen LogP contribution in [0.3, 0.4) is 0 Å². The maximum atomic E-state index is 11.5. The fourth-order valence-corrected chi connectivity index (χ4v) is 1.56. The summed E-state index contributed by atoms with van der Waals surface area (Å²) < 4.78 is 5.12. The molecule has 0 aromatic rings. The van der Waals surface area contributed by atoms with E-state index in [-0.39, 0.29) is 5.92 Å². The van der Waals surface area contributed by atoms with Crippen molar-refractivity contribution in [3.05, 3.63) is 0 Å². The van der Waals surface area contributed by atoms with Gasteiger partial charge in [-0.1, -0.05) is 6.92 Å². The first kappa shape index (κ1) is 14.0. The summed E-state index contributed by atoms with van der Waals surface area (Å²) >= 11 is 0. The number of carbonyl (C=O) groups excluding carboxylic acids is 2. The summed E-state index contributed by atoms with van der Waals surface area (Å²) in [6.07, 6.45) is 2.24. The Hall–Kier alpha value is -1.06. The highest BCUT2D eigenvalue weighted by Gasteiger charge is 2.30. The minimum atomic E-state index is -0.475. The minimum absolute atomic E-state index is 0.176. The fourth-order valence-electron chi connectivity index (χ4n) is 1.56. The van der Waals surface area contributed by atoms with Crippen LogP contribution in [0.1, 0.15) is 47.0 Å². The molecule has 4 heteroatoms. The van der Waals surface area contributed by atoms with Gasteiger partial charge in [-0.3, -0.25) is 4.79 Å². The Morgan fingerprint density at radius 1 is 1.35 bits per heavy atom. The van der Waals surface area contributed by atoms with Gasteiger partial charge in [0.05, 0.1) is 0 Å². The van der Waals surface area contributed by atoms with Crippen LogP contribution in [0.4, 0.5) is 4.79 Å². The van der Waals surface area contributed by atoms with E-state index in [1.54, 1.807) is 0 Å². The van der Waals surface area contributed by atoms with Crippen molar-refractivity contribution in [1.82, 2.24) is 5.32 Å². The Morgan fingerprint density at radius 3 is 2.41 bits per heavy atom. The SMILES string of the molecule is CC(CNC(=O)OC(C)(C)C)CC(=O)C1CC1. The summed E-state index contributed by atoms with van der Waals surface area (Å²) in [7, 11) is 0. The number of ketones is 1. The van der Waals surface area contributed by atoms with Crippen LogP contribution in [0, 0.1) is 11.8 Å². The largest absolute Gasteiger partial charge is 0.444 e. The molecule has 98 valence electrons. The van der Waals surface area contributed by atoms with Crippen molar-refractivity contribution in [1.29, 1.82) is 0 Å². The van der Waals surface area contributed by atoms with Crippen molar-refractivity contribution in [2.45, 2.75) is 52.6 Å². The van der Waals surface area contributed by atoms with Gasteiger partial charge in [-0.05, 0) is 39.5 Å². The van der Waals surface area contributed by atoms with Crippen LogP contribution in [0.15, 0.2) is 0 Å². The number of Topliss-reactive ketones (excluding diaryl/α,β-unsaturated/α-hetero) is 1. The van der Waals surface area contributed by atoms with E-state index >= 15 is 0 Å².